The van der Waals surface area contributed by atoms with Crippen molar-refractivity contribution in [2.24, 2.45) is 5.73 Å². The van der Waals surface area contributed by atoms with Gasteiger partial charge in [0.05, 0.1) is 6.10 Å². The molecule has 2 nitrogen and oxygen atoms in total. The van der Waals surface area contributed by atoms with E-state index in [0.29, 0.717) is 6.10 Å². The van der Waals surface area contributed by atoms with Gasteiger partial charge in [-0.1, -0.05) is 0 Å². The third-order valence-corrected chi connectivity index (χ3v) is 1.02. The standard InChI is InChI=1S/C7H17NO/c1-6(2)9-5-4-7(3)8/h6-7H,4-5,8H2,1-3H3. The molecule has 0 aliphatic carbocycles. The van der Waals surface area contributed by atoms with E-state index in [9.17, 15) is 0 Å². The Morgan fingerprint density at radius 1 is 1.33 bits per heavy atom. The quantitative estimate of drug-likeness (QED) is 0.621. The second-order valence-corrected chi connectivity index (χ2v) is 2.69. The summed E-state index contributed by atoms with van der Waals surface area (Å²) in [6, 6.07) is 0.267. The van der Waals surface area contributed by atoms with Crippen LogP contribution in [0.3, 0.4) is 0 Å². The lowest BCUT2D eigenvalue weighted by atomic mass is 10.3. The van der Waals surface area contributed by atoms with Crippen molar-refractivity contribution in [3.8, 4) is 0 Å². The molecule has 0 aromatic rings. The van der Waals surface area contributed by atoms with E-state index in [1.54, 1.807) is 0 Å². The lowest BCUT2D eigenvalue weighted by Gasteiger charge is -2.08. The first-order valence-corrected chi connectivity index (χ1v) is 3.50. The van der Waals surface area contributed by atoms with Crippen molar-refractivity contribution in [3.63, 3.8) is 0 Å². The molecule has 0 bridgehead atoms. The molecule has 0 radical (unpaired) electrons. The lowest BCUT2D eigenvalue weighted by molar-refractivity contribution is 0.0745. The van der Waals surface area contributed by atoms with Crippen LogP contribution in [0, 0.1) is 0 Å². The summed E-state index contributed by atoms with van der Waals surface area (Å²) >= 11 is 0. The minimum atomic E-state index is 0.267. The van der Waals surface area contributed by atoms with Crippen molar-refractivity contribution < 1.29 is 4.74 Å². The van der Waals surface area contributed by atoms with Gasteiger partial charge in [-0.25, -0.2) is 0 Å². The molecule has 0 aromatic heterocycles. The van der Waals surface area contributed by atoms with Crippen molar-refractivity contribution in [2.45, 2.75) is 39.3 Å². The summed E-state index contributed by atoms with van der Waals surface area (Å²) in [5, 5.41) is 0. The molecule has 9 heavy (non-hydrogen) atoms. The predicted octanol–water partition coefficient (Wildman–Crippen LogP) is 1.15. The fourth-order valence-corrected chi connectivity index (χ4v) is 0.490. The molecule has 2 heteroatoms. The molecule has 0 saturated heterocycles. The molecular formula is C7H17NO. The van der Waals surface area contributed by atoms with E-state index in [4.69, 9.17) is 10.5 Å². The van der Waals surface area contributed by atoms with Crippen LogP contribution in [0.5, 0.6) is 0 Å². The Balaban J connectivity index is 2.91. The summed E-state index contributed by atoms with van der Waals surface area (Å²) in [7, 11) is 0. The summed E-state index contributed by atoms with van der Waals surface area (Å²) < 4.78 is 5.27. The monoisotopic (exact) mass is 131 g/mol. The van der Waals surface area contributed by atoms with E-state index in [1.165, 1.54) is 0 Å². The third kappa shape index (κ3) is 7.92. The third-order valence-electron chi connectivity index (χ3n) is 1.02. The van der Waals surface area contributed by atoms with Crippen LogP contribution in [-0.2, 0) is 4.74 Å². The van der Waals surface area contributed by atoms with Gasteiger partial charge < -0.3 is 10.5 Å². The van der Waals surface area contributed by atoms with Crippen molar-refractivity contribution in [2.75, 3.05) is 6.61 Å². The first-order chi connectivity index (χ1) is 4.13. The van der Waals surface area contributed by atoms with Gasteiger partial charge in [-0.2, -0.15) is 0 Å². The molecule has 0 aliphatic heterocycles. The molecule has 0 saturated carbocycles. The molecule has 0 amide bonds. The predicted molar refractivity (Wildman–Crippen MR) is 39.4 cm³/mol. The van der Waals surface area contributed by atoms with Crippen LogP contribution in [0.4, 0.5) is 0 Å². The highest BCUT2D eigenvalue weighted by Crippen LogP contribution is 1.91. The Hall–Kier alpha value is -0.0800. The first-order valence-electron chi connectivity index (χ1n) is 3.50. The van der Waals surface area contributed by atoms with Gasteiger partial charge in [-0.05, 0) is 27.2 Å². The van der Waals surface area contributed by atoms with Gasteiger partial charge in [0.15, 0.2) is 0 Å². The maximum Gasteiger partial charge on any atom is 0.0518 e. The molecular weight excluding hydrogens is 114 g/mol. The van der Waals surface area contributed by atoms with Crippen molar-refractivity contribution in [1.82, 2.24) is 0 Å². The van der Waals surface area contributed by atoms with Crippen LogP contribution < -0.4 is 5.73 Å². The van der Waals surface area contributed by atoms with Gasteiger partial charge in [0.2, 0.25) is 0 Å². The highest BCUT2D eigenvalue weighted by molar-refractivity contribution is 4.51. The van der Waals surface area contributed by atoms with E-state index < -0.39 is 0 Å². The Morgan fingerprint density at radius 3 is 2.22 bits per heavy atom. The normalized spacial score (nSPS) is 14.3. The molecule has 56 valence electrons. The highest BCUT2D eigenvalue weighted by atomic mass is 16.5. The number of rotatable bonds is 4. The average molecular weight is 131 g/mol. The van der Waals surface area contributed by atoms with Crippen molar-refractivity contribution >= 4 is 0 Å². The zero-order valence-corrected chi connectivity index (χ0v) is 6.55. The highest BCUT2D eigenvalue weighted by Gasteiger charge is 1.95. The van der Waals surface area contributed by atoms with Gasteiger partial charge >= 0.3 is 0 Å². The summed E-state index contributed by atoms with van der Waals surface area (Å²) in [5.41, 5.74) is 5.50. The Kier molecular flexibility index (Phi) is 4.72. The summed E-state index contributed by atoms with van der Waals surface area (Å²) in [6.45, 7) is 6.83. The molecule has 0 fully saturated rings. The Labute approximate surface area is 57.4 Å². The van der Waals surface area contributed by atoms with Crippen LogP contribution in [0.15, 0.2) is 0 Å². The van der Waals surface area contributed by atoms with Gasteiger partial charge in [-0.15, -0.1) is 0 Å². The molecule has 0 rings (SSSR count). The van der Waals surface area contributed by atoms with E-state index in [2.05, 4.69) is 0 Å². The SMILES string of the molecule is CC(N)CCOC(C)C. The van der Waals surface area contributed by atoms with E-state index in [0.717, 1.165) is 13.0 Å². The van der Waals surface area contributed by atoms with E-state index in [1.807, 2.05) is 20.8 Å². The zero-order chi connectivity index (χ0) is 7.28. The Morgan fingerprint density at radius 2 is 1.89 bits per heavy atom. The number of hydrogen-bond acceptors (Lipinski definition) is 2. The molecule has 0 heterocycles. The largest absolute Gasteiger partial charge is 0.379 e. The molecule has 2 N–H and O–H groups in total. The smallest absolute Gasteiger partial charge is 0.0518 e. The fraction of sp³-hybridized carbons (Fsp3) is 1.00. The minimum Gasteiger partial charge on any atom is -0.379 e. The molecule has 1 atom stereocenters. The second kappa shape index (κ2) is 4.77. The summed E-state index contributed by atoms with van der Waals surface area (Å²) in [6.07, 6.45) is 1.29. The maximum absolute atomic E-state index is 5.50. The van der Waals surface area contributed by atoms with Gasteiger partial charge in [0, 0.05) is 12.6 Å². The second-order valence-electron chi connectivity index (χ2n) is 2.69. The summed E-state index contributed by atoms with van der Waals surface area (Å²) in [4.78, 5) is 0. The van der Waals surface area contributed by atoms with Gasteiger partial charge in [0.25, 0.3) is 0 Å². The molecule has 0 aliphatic rings. The van der Waals surface area contributed by atoms with Crippen LogP contribution in [0.2, 0.25) is 0 Å². The Bertz CT molecular complexity index is 53.9. The van der Waals surface area contributed by atoms with Crippen LogP contribution >= 0.6 is 0 Å². The molecule has 0 aromatic carbocycles. The van der Waals surface area contributed by atoms with Crippen molar-refractivity contribution in [1.29, 1.82) is 0 Å². The van der Waals surface area contributed by atoms with Crippen LogP contribution in [0.25, 0.3) is 0 Å². The minimum absolute atomic E-state index is 0.267. The van der Waals surface area contributed by atoms with Crippen LogP contribution in [0.1, 0.15) is 27.2 Å². The van der Waals surface area contributed by atoms with Gasteiger partial charge in [-0.3, -0.25) is 0 Å². The number of nitrogens with two attached hydrogens (primary N) is 1. The molecule has 1 unspecified atom stereocenters. The van der Waals surface area contributed by atoms with Crippen LogP contribution in [-0.4, -0.2) is 18.8 Å². The maximum atomic E-state index is 5.50. The topological polar surface area (TPSA) is 35.2 Å². The number of ether oxygens (including phenoxy) is 1. The lowest BCUT2D eigenvalue weighted by Crippen LogP contribution is -2.18. The first kappa shape index (κ1) is 8.92. The molecule has 0 spiro atoms. The fourth-order valence-electron chi connectivity index (χ4n) is 0.490. The van der Waals surface area contributed by atoms with Crippen molar-refractivity contribution in [3.05, 3.63) is 0 Å². The number of hydrogen-bond donors (Lipinski definition) is 1. The van der Waals surface area contributed by atoms with E-state index >= 15 is 0 Å². The average Bonchev–Trinajstić information content (AvgIpc) is 1.63. The zero-order valence-electron chi connectivity index (χ0n) is 6.55. The van der Waals surface area contributed by atoms with Gasteiger partial charge in [0.1, 0.15) is 0 Å². The summed E-state index contributed by atoms with van der Waals surface area (Å²) in [5.74, 6) is 0. The van der Waals surface area contributed by atoms with E-state index in [-0.39, 0.29) is 6.04 Å².